The van der Waals surface area contributed by atoms with Gasteiger partial charge in [0.25, 0.3) is 0 Å². The highest BCUT2D eigenvalue weighted by molar-refractivity contribution is 5.95. The van der Waals surface area contributed by atoms with Crippen molar-refractivity contribution in [3.05, 3.63) is 0 Å². The third kappa shape index (κ3) is 2.29. The Morgan fingerprint density at radius 1 is 1.69 bits per heavy atom. The van der Waals surface area contributed by atoms with Gasteiger partial charge in [0.1, 0.15) is 0 Å². The smallest absolute Gasteiger partial charge is 0.222 e. The molecule has 1 heterocycles. The summed E-state index contributed by atoms with van der Waals surface area (Å²) < 4.78 is 0. The van der Waals surface area contributed by atoms with Crippen molar-refractivity contribution in [1.29, 1.82) is 0 Å². The van der Waals surface area contributed by atoms with Crippen molar-refractivity contribution in [2.45, 2.75) is 39.2 Å². The molecule has 0 aliphatic carbocycles. The van der Waals surface area contributed by atoms with Crippen LogP contribution in [0.2, 0.25) is 0 Å². The molecule has 13 heavy (non-hydrogen) atoms. The molecule has 74 valence electrons. The number of amides is 1. The maximum Gasteiger partial charge on any atom is 0.222 e. The van der Waals surface area contributed by atoms with Gasteiger partial charge in [-0.05, 0) is 13.3 Å². The third-order valence-electron chi connectivity index (χ3n) is 2.60. The van der Waals surface area contributed by atoms with Gasteiger partial charge in [0, 0.05) is 19.2 Å². The lowest BCUT2D eigenvalue weighted by atomic mass is 10.1. The first-order valence-corrected chi connectivity index (χ1v) is 4.93. The molecule has 0 aromatic carbocycles. The van der Waals surface area contributed by atoms with Gasteiger partial charge in [-0.2, -0.15) is 0 Å². The van der Waals surface area contributed by atoms with Crippen molar-refractivity contribution < 1.29 is 4.79 Å². The van der Waals surface area contributed by atoms with E-state index in [1.165, 1.54) is 0 Å². The molecule has 1 rings (SSSR count). The summed E-state index contributed by atoms with van der Waals surface area (Å²) in [4.78, 5) is 17.5. The van der Waals surface area contributed by atoms with Gasteiger partial charge in [-0.1, -0.05) is 13.3 Å². The summed E-state index contributed by atoms with van der Waals surface area (Å²) in [6, 6.07) is 0.282. The average Bonchev–Trinajstić information content (AvgIpc) is 2.11. The quantitative estimate of drug-likeness (QED) is 0.648. The molecule has 0 bridgehead atoms. The molecule has 1 amide bonds. The van der Waals surface area contributed by atoms with Crippen molar-refractivity contribution in [3.63, 3.8) is 0 Å². The number of hydrogen-bond acceptors (Lipinski definition) is 2. The molecule has 0 aromatic rings. The fraction of sp³-hybridized carbons (Fsp3) is 0.800. The molecular weight excluding hydrogens is 164 g/mol. The molecule has 0 N–H and O–H groups in total. The number of aliphatic imine (C=N–C) groups is 1. The minimum Gasteiger partial charge on any atom is -0.336 e. The van der Waals surface area contributed by atoms with Crippen molar-refractivity contribution in [1.82, 2.24) is 4.90 Å². The van der Waals surface area contributed by atoms with Gasteiger partial charge in [-0.25, -0.2) is 0 Å². The highest BCUT2D eigenvalue weighted by Crippen LogP contribution is 2.11. The van der Waals surface area contributed by atoms with Crippen LogP contribution in [0.4, 0.5) is 0 Å². The van der Waals surface area contributed by atoms with E-state index in [-0.39, 0.29) is 11.9 Å². The minimum atomic E-state index is 0.251. The van der Waals surface area contributed by atoms with E-state index in [0.29, 0.717) is 6.42 Å². The molecule has 0 radical (unpaired) electrons. The van der Waals surface area contributed by atoms with Crippen LogP contribution in [-0.4, -0.2) is 36.2 Å². The van der Waals surface area contributed by atoms with E-state index in [1.54, 1.807) is 0 Å². The Bertz CT molecular complexity index is 223. The number of likely N-dealkylation sites (N-methyl/N-ethyl adjacent to an activating group) is 1. The van der Waals surface area contributed by atoms with Gasteiger partial charge in [-0.3, -0.25) is 9.79 Å². The number of unbranched alkanes of at least 4 members (excludes halogenated alkanes) is 1. The van der Waals surface area contributed by atoms with Gasteiger partial charge < -0.3 is 4.90 Å². The minimum absolute atomic E-state index is 0.251. The summed E-state index contributed by atoms with van der Waals surface area (Å²) in [5.74, 6) is 0.251. The first kappa shape index (κ1) is 10.2. The second-order valence-corrected chi connectivity index (χ2v) is 3.61. The van der Waals surface area contributed by atoms with Gasteiger partial charge in [0.05, 0.1) is 12.6 Å². The fourth-order valence-corrected chi connectivity index (χ4v) is 1.44. The molecule has 1 aliphatic heterocycles. The van der Waals surface area contributed by atoms with Crippen molar-refractivity contribution >= 4 is 11.6 Å². The van der Waals surface area contributed by atoms with E-state index >= 15 is 0 Å². The Kier molecular flexibility index (Phi) is 3.46. The van der Waals surface area contributed by atoms with Crippen LogP contribution in [0, 0.1) is 0 Å². The zero-order valence-corrected chi connectivity index (χ0v) is 8.71. The molecule has 0 saturated heterocycles. The van der Waals surface area contributed by atoms with E-state index in [0.717, 1.165) is 25.1 Å². The van der Waals surface area contributed by atoms with E-state index in [9.17, 15) is 4.79 Å². The maximum absolute atomic E-state index is 11.6. The molecule has 0 saturated carbocycles. The number of nitrogens with zero attached hydrogens (tertiary/aromatic N) is 2. The summed E-state index contributed by atoms with van der Waals surface area (Å²) in [6.07, 6.45) is 2.75. The molecule has 1 unspecified atom stereocenters. The SMILES string of the molecule is CCCCC(=O)N(C)C1CN=C1C. The fourth-order valence-electron chi connectivity index (χ4n) is 1.44. The Labute approximate surface area is 79.8 Å². The normalized spacial score (nSPS) is 20.5. The second-order valence-electron chi connectivity index (χ2n) is 3.61. The Morgan fingerprint density at radius 3 is 2.77 bits per heavy atom. The molecule has 0 aromatic heterocycles. The average molecular weight is 182 g/mol. The van der Waals surface area contributed by atoms with Crippen LogP contribution >= 0.6 is 0 Å². The molecule has 0 spiro atoms. The predicted octanol–water partition coefficient (Wildman–Crippen LogP) is 1.48. The zero-order valence-electron chi connectivity index (χ0n) is 8.71. The first-order chi connectivity index (χ1) is 6.16. The zero-order chi connectivity index (χ0) is 9.84. The molecule has 0 fully saturated rings. The number of rotatable bonds is 4. The molecule has 1 atom stereocenters. The van der Waals surface area contributed by atoms with E-state index in [4.69, 9.17) is 0 Å². The van der Waals surface area contributed by atoms with E-state index in [2.05, 4.69) is 11.9 Å². The van der Waals surface area contributed by atoms with Crippen LogP contribution in [0.1, 0.15) is 33.1 Å². The number of hydrogen-bond donors (Lipinski definition) is 0. The van der Waals surface area contributed by atoms with Crippen LogP contribution in [0.25, 0.3) is 0 Å². The van der Waals surface area contributed by atoms with Gasteiger partial charge in [-0.15, -0.1) is 0 Å². The molecule has 3 heteroatoms. The van der Waals surface area contributed by atoms with Gasteiger partial charge >= 0.3 is 0 Å². The Morgan fingerprint density at radius 2 is 2.38 bits per heavy atom. The van der Waals surface area contributed by atoms with Crippen LogP contribution < -0.4 is 0 Å². The number of carbonyl (C=O) groups excluding carboxylic acids is 1. The van der Waals surface area contributed by atoms with Crippen molar-refractivity contribution in [2.24, 2.45) is 4.99 Å². The lowest BCUT2D eigenvalue weighted by molar-refractivity contribution is -0.131. The summed E-state index contributed by atoms with van der Waals surface area (Å²) in [5.41, 5.74) is 1.09. The molecule has 1 aliphatic rings. The van der Waals surface area contributed by atoms with Crippen LogP contribution in [0.15, 0.2) is 4.99 Å². The summed E-state index contributed by atoms with van der Waals surface area (Å²) >= 11 is 0. The summed E-state index contributed by atoms with van der Waals surface area (Å²) in [6.45, 7) is 4.88. The lowest BCUT2D eigenvalue weighted by Crippen LogP contribution is -2.48. The summed E-state index contributed by atoms with van der Waals surface area (Å²) in [5, 5.41) is 0. The van der Waals surface area contributed by atoms with Crippen molar-refractivity contribution in [3.8, 4) is 0 Å². The standard InChI is InChI=1S/C10H18N2O/c1-4-5-6-10(13)12(3)9-7-11-8(9)2/h9H,4-7H2,1-3H3. The molecule has 3 nitrogen and oxygen atoms in total. The Hall–Kier alpha value is -0.860. The highest BCUT2D eigenvalue weighted by Gasteiger charge is 2.26. The second kappa shape index (κ2) is 4.40. The predicted molar refractivity (Wildman–Crippen MR) is 54.1 cm³/mol. The van der Waals surface area contributed by atoms with Gasteiger partial charge in [0.15, 0.2) is 0 Å². The Balaban J connectivity index is 2.35. The lowest BCUT2D eigenvalue weighted by Gasteiger charge is -2.32. The van der Waals surface area contributed by atoms with Crippen LogP contribution in [-0.2, 0) is 4.79 Å². The largest absolute Gasteiger partial charge is 0.336 e. The maximum atomic E-state index is 11.6. The highest BCUT2D eigenvalue weighted by atomic mass is 16.2. The first-order valence-electron chi connectivity index (χ1n) is 4.93. The molecular formula is C10H18N2O. The number of carbonyl (C=O) groups is 1. The van der Waals surface area contributed by atoms with Gasteiger partial charge in [0.2, 0.25) is 5.91 Å². The van der Waals surface area contributed by atoms with Crippen molar-refractivity contribution in [2.75, 3.05) is 13.6 Å². The topological polar surface area (TPSA) is 32.7 Å². The monoisotopic (exact) mass is 182 g/mol. The van der Waals surface area contributed by atoms with Crippen LogP contribution in [0.5, 0.6) is 0 Å². The third-order valence-corrected chi connectivity index (χ3v) is 2.60. The van der Waals surface area contributed by atoms with Crippen LogP contribution in [0.3, 0.4) is 0 Å². The summed E-state index contributed by atoms with van der Waals surface area (Å²) in [7, 11) is 1.88. The van der Waals surface area contributed by atoms with E-state index in [1.807, 2.05) is 18.9 Å². The van der Waals surface area contributed by atoms with E-state index < -0.39 is 0 Å².